The number of fused-ring (bicyclic) bond motifs is 4. The normalized spacial score (nSPS) is 49.4. The predicted octanol–water partition coefficient (Wildman–Crippen LogP) is 3.71. The Balaban J connectivity index is 1.51. The smallest absolute Gasteiger partial charge is 0.333 e. The molecule has 2 heterocycles. The molecule has 4 aliphatic carbocycles. The van der Waals surface area contributed by atoms with Crippen LogP contribution in [0.5, 0.6) is 0 Å². The van der Waals surface area contributed by atoms with Crippen molar-refractivity contribution < 1.29 is 43.2 Å². The Hall–Kier alpha value is -2.52. The lowest BCUT2D eigenvalue weighted by molar-refractivity contribution is -0.263. The van der Waals surface area contributed by atoms with Crippen LogP contribution in [0.25, 0.3) is 0 Å². The number of carbonyl (C=O) groups is 4. The zero-order valence-corrected chi connectivity index (χ0v) is 25.7. The van der Waals surface area contributed by atoms with Crippen LogP contribution in [-0.2, 0) is 38.1 Å². The van der Waals surface area contributed by atoms with Gasteiger partial charge in [0, 0.05) is 52.9 Å². The molecule has 3 saturated carbocycles. The number of allylic oxidation sites excluding steroid dienone is 2. The minimum absolute atomic E-state index is 0.0176. The van der Waals surface area contributed by atoms with Crippen molar-refractivity contribution in [1.29, 1.82) is 0 Å². The maximum atomic E-state index is 13.8. The molecule has 9 nitrogen and oxygen atoms in total. The summed E-state index contributed by atoms with van der Waals surface area (Å²) in [5.74, 6) is -2.19. The number of aliphatic hydroxyl groups is 1. The van der Waals surface area contributed by atoms with E-state index in [2.05, 4.69) is 27.7 Å². The van der Waals surface area contributed by atoms with Gasteiger partial charge in [-0.1, -0.05) is 33.8 Å². The topological polar surface area (TPSA) is 125 Å². The SMILES string of the molecule is C/C=C(\C)C(=O)O[C@@H]1[C@@H]2OC[C@]3(C)[C@H](OC(C)=O)C[C@H](O)[C@@](C)([C@@H]23)[C@H]2CC[C@]3(C)C(=CC(=O)[C@H]3C3COC(=O)C3)[C@]12C. The van der Waals surface area contributed by atoms with Crippen LogP contribution in [0, 0.1) is 45.3 Å². The van der Waals surface area contributed by atoms with Crippen LogP contribution in [0.1, 0.15) is 74.1 Å². The summed E-state index contributed by atoms with van der Waals surface area (Å²) in [4.78, 5) is 51.5. The first kappa shape index (κ1) is 29.5. The lowest BCUT2D eigenvalue weighted by Gasteiger charge is -2.69. The number of cyclic esters (lactones) is 1. The highest BCUT2D eigenvalue weighted by Crippen LogP contribution is 2.75. The molecule has 2 saturated heterocycles. The molecule has 9 heteroatoms. The number of hydrogen-bond acceptors (Lipinski definition) is 9. The van der Waals surface area contributed by atoms with E-state index in [9.17, 15) is 24.3 Å². The molecule has 5 fully saturated rings. The second-order valence-electron chi connectivity index (χ2n) is 14.6. The summed E-state index contributed by atoms with van der Waals surface area (Å²) in [6, 6.07) is 0. The molecule has 6 rings (SSSR count). The van der Waals surface area contributed by atoms with Gasteiger partial charge in [-0.2, -0.15) is 0 Å². The zero-order chi connectivity index (χ0) is 30.6. The van der Waals surface area contributed by atoms with Crippen molar-refractivity contribution >= 4 is 23.7 Å². The molecular weight excluding hydrogens is 540 g/mol. The van der Waals surface area contributed by atoms with E-state index in [0.717, 1.165) is 5.57 Å². The van der Waals surface area contributed by atoms with Gasteiger partial charge in [-0.05, 0) is 49.7 Å². The average Bonchev–Trinajstić information content (AvgIpc) is 3.58. The van der Waals surface area contributed by atoms with Gasteiger partial charge in [0.25, 0.3) is 0 Å². The molecule has 0 amide bonds. The van der Waals surface area contributed by atoms with Gasteiger partial charge in [0.1, 0.15) is 12.2 Å². The summed E-state index contributed by atoms with van der Waals surface area (Å²) >= 11 is 0. The lowest BCUT2D eigenvalue weighted by atomic mass is 9.36. The molecule has 6 aliphatic rings. The molecule has 0 bridgehead atoms. The van der Waals surface area contributed by atoms with E-state index >= 15 is 0 Å². The standard InChI is InChI=1S/C33H44O9/c1-8-16(2)29(38)42-28-26-27-31(5,15-40-26)23(41-17(3)34)13-22(36)33(27,7)20-9-10-30(4)21(32(20,28)6)12-19(35)25(30)18-11-24(37)39-14-18/h8,12,18,20,22-23,25-28,36H,9-11,13-15H2,1-7H3/b16-8+/t18?,20-,22-,23+,25+,26+,27-,28+,30+,31+,32+,33-/m0/s1. The lowest BCUT2D eigenvalue weighted by Crippen LogP contribution is -2.73. The molecule has 12 atom stereocenters. The fourth-order valence-electron chi connectivity index (χ4n) is 10.8. The van der Waals surface area contributed by atoms with Crippen molar-refractivity contribution in [3.8, 4) is 0 Å². The fourth-order valence-corrected chi connectivity index (χ4v) is 10.8. The third-order valence-electron chi connectivity index (χ3n) is 12.6. The van der Waals surface area contributed by atoms with Gasteiger partial charge in [-0.15, -0.1) is 0 Å². The molecule has 42 heavy (non-hydrogen) atoms. The Morgan fingerprint density at radius 3 is 2.45 bits per heavy atom. The summed E-state index contributed by atoms with van der Waals surface area (Å²) in [6.07, 6.45) is 2.67. The van der Waals surface area contributed by atoms with Gasteiger partial charge in [0.15, 0.2) is 5.78 Å². The van der Waals surface area contributed by atoms with Crippen molar-refractivity contribution in [3.05, 3.63) is 23.3 Å². The third kappa shape index (κ3) is 3.68. The minimum Gasteiger partial charge on any atom is -0.465 e. The first-order valence-electron chi connectivity index (χ1n) is 15.4. The third-order valence-corrected chi connectivity index (χ3v) is 12.6. The van der Waals surface area contributed by atoms with Crippen LogP contribution in [0.2, 0.25) is 0 Å². The zero-order valence-electron chi connectivity index (χ0n) is 25.7. The highest BCUT2D eigenvalue weighted by molar-refractivity contribution is 5.98. The molecule has 1 unspecified atom stereocenters. The van der Waals surface area contributed by atoms with E-state index in [4.69, 9.17) is 18.9 Å². The van der Waals surface area contributed by atoms with Crippen LogP contribution in [0.15, 0.2) is 23.3 Å². The van der Waals surface area contributed by atoms with E-state index in [1.165, 1.54) is 6.92 Å². The maximum Gasteiger partial charge on any atom is 0.333 e. The maximum absolute atomic E-state index is 13.8. The van der Waals surface area contributed by atoms with Crippen molar-refractivity contribution in [2.24, 2.45) is 45.3 Å². The van der Waals surface area contributed by atoms with Crippen LogP contribution in [0.4, 0.5) is 0 Å². The van der Waals surface area contributed by atoms with Gasteiger partial charge in [-0.25, -0.2) is 4.79 Å². The number of ether oxygens (including phenoxy) is 4. The highest BCUT2D eigenvalue weighted by atomic mass is 16.6. The van der Waals surface area contributed by atoms with E-state index in [1.54, 1.807) is 26.0 Å². The van der Waals surface area contributed by atoms with Crippen LogP contribution in [-0.4, -0.2) is 66.4 Å². The first-order valence-corrected chi connectivity index (χ1v) is 15.4. The monoisotopic (exact) mass is 584 g/mol. The molecule has 2 aliphatic heterocycles. The second-order valence-corrected chi connectivity index (χ2v) is 14.6. The minimum atomic E-state index is -0.832. The number of aliphatic hydroxyl groups excluding tert-OH is 1. The van der Waals surface area contributed by atoms with Crippen LogP contribution < -0.4 is 0 Å². The van der Waals surface area contributed by atoms with Gasteiger partial charge in [-0.3, -0.25) is 14.4 Å². The highest BCUT2D eigenvalue weighted by Gasteiger charge is 2.78. The Morgan fingerprint density at radius 1 is 1.12 bits per heavy atom. The Labute approximate surface area is 247 Å². The van der Waals surface area contributed by atoms with Gasteiger partial charge >= 0.3 is 17.9 Å². The van der Waals surface area contributed by atoms with E-state index in [0.29, 0.717) is 25.0 Å². The van der Waals surface area contributed by atoms with E-state index in [-0.39, 0.29) is 49.0 Å². The van der Waals surface area contributed by atoms with Gasteiger partial charge < -0.3 is 24.1 Å². The Kier molecular flexibility index (Phi) is 6.67. The number of hydrogen-bond donors (Lipinski definition) is 1. The molecule has 1 N–H and O–H groups in total. The number of ketones is 1. The number of rotatable bonds is 4. The van der Waals surface area contributed by atoms with Gasteiger partial charge in [0.05, 0.1) is 31.8 Å². The Morgan fingerprint density at radius 2 is 1.83 bits per heavy atom. The van der Waals surface area contributed by atoms with Crippen molar-refractivity contribution in [2.75, 3.05) is 13.2 Å². The van der Waals surface area contributed by atoms with E-state index in [1.807, 2.05) is 0 Å². The molecule has 0 radical (unpaired) electrons. The molecule has 0 aromatic carbocycles. The van der Waals surface area contributed by atoms with Crippen molar-refractivity contribution in [3.63, 3.8) is 0 Å². The summed E-state index contributed by atoms with van der Waals surface area (Å²) in [6.45, 7) is 13.8. The second kappa shape index (κ2) is 9.49. The predicted molar refractivity (Wildman–Crippen MR) is 150 cm³/mol. The molecule has 0 spiro atoms. The van der Waals surface area contributed by atoms with Crippen LogP contribution in [0.3, 0.4) is 0 Å². The average molecular weight is 585 g/mol. The van der Waals surface area contributed by atoms with Crippen molar-refractivity contribution in [2.45, 2.75) is 98.6 Å². The largest absolute Gasteiger partial charge is 0.465 e. The van der Waals surface area contributed by atoms with Crippen molar-refractivity contribution in [1.82, 2.24) is 0 Å². The fraction of sp³-hybridized carbons (Fsp3) is 0.758. The summed E-state index contributed by atoms with van der Waals surface area (Å²) in [7, 11) is 0. The Bertz CT molecular complexity index is 1300. The molecule has 0 aromatic heterocycles. The van der Waals surface area contributed by atoms with Gasteiger partial charge in [0.2, 0.25) is 0 Å². The molecule has 230 valence electrons. The molecule has 0 aromatic rings. The molecular formula is C33H44O9. The summed E-state index contributed by atoms with van der Waals surface area (Å²) in [5, 5.41) is 12.0. The quantitative estimate of drug-likeness (QED) is 0.299. The summed E-state index contributed by atoms with van der Waals surface area (Å²) < 4.78 is 24.2. The number of carbonyl (C=O) groups excluding carboxylic acids is 4. The number of esters is 3. The summed E-state index contributed by atoms with van der Waals surface area (Å²) in [5.41, 5.74) is -1.28. The van der Waals surface area contributed by atoms with E-state index < -0.39 is 63.9 Å². The first-order chi connectivity index (χ1) is 19.6. The van der Waals surface area contributed by atoms with Crippen LogP contribution >= 0.6 is 0 Å².